The molecule has 4 aromatic rings. The minimum atomic E-state index is -3.79. The van der Waals surface area contributed by atoms with Gasteiger partial charge in [-0.2, -0.15) is 4.72 Å². The molecule has 0 fully saturated rings. The van der Waals surface area contributed by atoms with Crippen LogP contribution in [0.4, 0.5) is 0 Å². The van der Waals surface area contributed by atoms with Crippen molar-refractivity contribution in [1.29, 1.82) is 0 Å². The standard InChI is InChI=1S/C21H18ClN3O2S/c1-25-13-12-23-21(25)20(16-6-9-18(22)10-7-16)24-28(26,27)19-11-8-15-4-2-3-5-17(15)14-19/h2-14,20,24H,1H3. The number of sulfonamides is 1. The first-order chi connectivity index (χ1) is 13.4. The van der Waals surface area contributed by atoms with Crippen LogP contribution in [0, 0.1) is 0 Å². The van der Waals surface area contributed by atoms with Gasteiger partial charge in [-0.1, -0.05) is 54.1 Å². The Hall–Kier alpha value is -2.67. The van der Waals surface area contributed by atoms with Gasteiger partial charge in [-0.15, -0.1) is 0 Å². The number of aryl methyl sites for hydroxylation is 1. The van der Waals surface area contributed by atoms with Gasteiger partial charge in [-0.05, 0) is 40.6 Å². The molecule has 0 amide bonds. The van der Waals surface area contributed by atoms with Crippen LogP contribution in [0.3, 0.4) is 0 Å². The van der Waals surface area contributed by atoms with Gasteiger partial charge in [0, 0.05) is 24.5 Å². The van der Waals surface area contributed by atoms with Crippen LogP contribution in [0.2, 0.25) is 5.02 Å². The van der Waals surface area contributed by atoms with E-state index in [1.165, 1.54) is 0 Å². The Morgan fingerprint density at radius 2 is 1.71 bits per heavy atom. The predicted molar refractivity (Wildman–Crippen MR) is 111 cm³/mol. The van der Waals surface area contributed by atoms with E-state index in [1.54, 1.807) is 53.4 Å². The van der Waals surface area contributed by atoms with E-state index in [0.717, 1.165) is 16.3 Å². The van der Waals surface area contributed by atoms with Gasteiger partial charge in [-0.3, -0.25) is 0 Å². The maximum Gasteiger partial charge on any atom is 0.241 e. The molecular formula is C21H18ClN3O2S. The van der Waals surface area contributed by atoms with E-state index in [9.17, 15) is 8.42 Å². The third-order valence-electron chi connectivity index (χ3n) is 4.62. The Labute approximate surface area is 168 Å². The highest BCUT2D eigenvalue weighted by Gasteiger charge is 2.26. The summed E-state index contributed by atoms with van der Waals surface area (Å²) in [5, 5.41) is 2.44. The normalized spacial score (nSPS) is 12.9. The maximum atomic E-state index is 13.2. The molecule has 0 saturated heterocycles. The topological polar surface area (TPSA) is 64.0 Å². The number of rotatable bonds is 5. The number of benzene rings is 3. The molecule has 3 aromatic carbocycles. The highest BCUT2D eigenvalue weighted by molar-refractivity contribution is 7.89. The summed E-state index contributed by atoms with van der Waals surface area (Å²) in [5.41, 5.74) is 0.753. The van der Waals surface area contributed by atoms with Crippen LogP contribution in [0.1, 0.15) is 17.4 Å². The SMILES string of the molecule is Cn1ccnc1C(NS(=O)(=O)c1ccc2ccccc2c1)c1ccc(Cl)cc1. The van der Waals surface area contributed by atoms with Crippen molar-refractivity contribution in [2.45, 2.75) is 10.9 Å². The summed E-state index contributed by atoms with van der Waals surface area (Å²) in [7, 11) is -1.96. The molecule has 0 aliphatic heterocycles. The van der Waals surface area contributed by atoms with Crippen LogP contribution in [-0.2, 0) is 17.1 Å². The first-order valence-corrected chi connectivity index (χ1v) is 10.5. The number of halogens is 1. The lowest BCUT2D eigenvalue weighted by Crippen LogP contribution is -2.31. The zero-order valence-corrected chi connectivity index (χ0v) is 16.7. The highest BCUT2D eigenvalue weighted by Crippen LogP contribution is 2.26. The van der Waals surface area contributed by atoms with Gasteiger partial charge in [-0.25, -0.2) is 13.4 Å². The summed E-state index contributed by atoms with van der Waals surface area (Å²) in [5.74, 6) is 0.590. The van der Waals surface area contributed by atoms with E-state index >= 15 is 0 Å². The molecular weight excluding hydrogens is 394 g/mol. The van der Waals surface area contributed by atoms with Gasteiger partial charge in [0.1, 0.15) is 11.9 Å². The van der Waals surface area contributed by atoms with Gasteiger partial charge in [0.15, 0.2) is 0 Å². The molecule has 1 unspecified atom stereocenters. The number of hydrogen-bond donors (Lipinski definition) is 1. The molecule has 1 heterocycles. The van der Waals surface area contributed by atoms with Gasteiger partial charge in [0.2, 0.25) is 10.0 Å². The minimum Gasteiger partial charge on any atom is -0.336 e. The highest BCUT2D eigenvalue weighted by atomic mass is 35.5. The van der Waals surface area contributed by atoms with E-state index in [0.29, 0.717) is 10.8 Å². The van der Waals surface area contributed by atoms with Crippen LogP contribution in [0.25, 0.3) is 10.8 Å². The second-order valence-electron chi connectivity index (χ2n) is 6.51. The molecule has 0 bridgehead atoms. The van der Waals surface area contributed by atoms with Crippen molar-refractivity contribution in [2.24, 2.45) is 7.05 Å². The fourth-order valence-corrected chi connectivity index (χ4v) is 4.48. The summed E-state index contributed by atoms with van der Waals surface area (Å²) >= 11 is 6.00. The monoisotopic (exact) mass is 411 g/mol. The lowest BCUT2D eigenvalue weighted by Gasteiger charge is -2.19. The zero-order valence-electron chi connectivity index (χ0n) is 15.1. The van der Waals surface area contributed by atoms with E-state index in [1.807, 2.05) is 37.4 Å². The van der Waals surface area contributed by atoms with Crippen molar-refractivity contribution < 1.29 is 8.42 Å². The largest absolute Gasteiger partial charge is 0.336 e. The fraction of sp³-hybridized carbons (Fsp3) is 0.0952. The second-order valence-corrected chi connectivity index (χ2v) is 8.66. The number of nitrogens with zero attached hydrogens (tertiary/aromatic N) is 2. The summed E-state index contributed by atoms with van der Waals surface area (Å²) < 4.78 is 30.9. The van der Waals surface area contributed by atoms with Crippen molar-refractivity contribution in [3.05, 3.63) is 95.5 Å². The Morgan fingerprint density at radius 1 is 1.00 bits per heavy atom. The smallest absolute Gasteiger partial charge is 0.241 e. The van der Waals surface area contributed by atoms with Gasteiger partial charge in [0.05, 0.1) is 4.90 Å². The second kappa shape index (κ2) is 7.39. The Bertz CT molecular complexity index is 1230. The third-order valence-corrected chi connectivity index (χ3v) is 6.30. The minimum absolute atomic E-state index is 0.208. The van der Waals surface area contributed by atoms with E-state index < -0.39 is 16.1 Å². The molecule has 0 spiro atoms. The van der Waals surface area contributed by atoms with Crippen LogP contribution >= 0.6 is 11.6 Å². The average molecular weight is 412 g/mol. The van der Waals surface area contributed by atoms with Crippen molar-refractivity contribution >= 4 is 32.4 Å². The summed E-state index contributed by atoms with van der Waals surface area (Å²) in [4.78, 5) is 4.55. The van der Waals surface area contributed by atoms with Gasteiger partial charge < -0.3 is 4.57 Å². The molecule has 0 radical (unpaired) electrons. The quantitative estimate of drug-likeness (QED) is 0.532. The van der Waals surface area contributed by atoms with Crippen molar-refractivity contribution in [2.75, 3.05) is 0 Å². The fourth-order valence-electron chi connectivity index (χ4n) is 3.14. The van der Waals surface area contributed by atoms with Gasteiger partial charge in [0.25, 0.3) is 0 Å². The molecule has 5 nitrogen and oxygen atoms in total. The van der Waals surface area contributed by atoms with Crippen molar-refractivity contribution in [3.8, 4) is 0 Å². The lowest BCUT2D eigenvalue weighted by molar-refractivity contribution is 0.563. The summed E-state index contributed by atoms with van der Waals surface area (Å²) in [6, 6.07) is 19.2. The van der Waals surface area contributed by atoms with Crippen molar-refractivity contribution in [1.82, 2.24) is 14.3 Å². The maximum absolute atomic E-state index is 13.2. The first kappa shape index (κ1) is 18.7. The number of aromatic nitrogens is 2. The van der Waals surface area contributed by atoms with Crippen molar-refractivity contribution in [3.63, 3.8) is 0 Å². The van der Waals surface area contributed by atoms with Crippen LogP contribution in [0.15, 0.2) is 84.0 Å². The molecule has 28 heavy (non-hydrogen) atoms. The number of fused-ring (bicyclic) bond motifs is 1. The summed E-state index contributed by atoms with van der Waals surface area (Å²) in [6.07, 6.45) is 3.42. The Morgan fingerprint density at radius 3 is 2.39 bits per heavy atom. The number of hydrogen-bond acceptors (Lipinski definition) is 3. The Balaban J connectivity index is 1.76. The Kier molecular flexibility index (Phi) is 4.93. The zero-order chi connectivity index (χ0) is 19.7. The molecule has 0 aliphatic carbocycles. The predicted octanol–water partition coefficient (Wildman–Crippen LogP) is 4.29. The van der Waals surface area contributed by atoms with E-state index in [-0.39, 0.29) is 4.90 Å². The number of nitrogens with one attached hydrogen (secondary N) is 1. The lowest BCUT2D eigenvalue weighted by atomic mass is 10.1. The average Bonchev–Trinajstić information content (AvgIpc) is 3.12. The summed E-state index contributed by atoms with van der Waals surface area (Å²) in [6.45, 7) is 0. The molecule has 4 rings (SSSR count). The third kappa shape index (κ3) is 3.67. The molecule has 7 heteroatoms. The van der Waals surface area contributed by atoms with E-state index in [2.05, 4.69) is 9.71 Å². The molecule has 1 aromatic heterocycles. The molecule has 1 N–H and O–H groups in total. The molecule has 1 atom stereocenters. The molecule has 0 aliphatic rings. The van der Waals surface area contributed by atoms with Crippen LogP contribution in [0.5, 0.6) is 0 Å². The first-order valence-electron chi connectivity index (χ1n) is 8.68. The van der Waals surface area contributed by atoms with Gasteiger partial charge >= 0.3 is 0 Å². The van der Waals surface area contributed by atoms with E-state index in [4.69, 9.17) is 11.6 Å². The van der Waals surface area contributed by atoms with Crippen LogP contribution < -0.4 is 4.72 Å². The van der Waals surface area contributed by atoms with Crippen LogP contribution in [-0.4, -0.2) is 18.0 Å². The number of imidazole rings is 1. The molecule has 0 saturated carbocycles. The molecule has 142 valence electrons.